The van der Waals surface area contributed by atoms with Gasteiger partial charge in [-0.1, -0.05) is 0 Å². The van der Waals surface area contributed by atoms with E-state index in [1.807, 2.05) is 44.3 Å². The van der Waals surface area contributed by atoms with E-state index in [0.29, 0.717) is 5.95 Å². The van der Waals surface area contributed by atoms with Crippen LogP contribution in [-0.4, -0.2) is 23.6 Å². The predicted octanol–water partition coefficient (Wildman–Crippen LogP) is 2.89. The van der Waals surface area contributed by atoms with Crippen molar-refractivity contribution in [2.75, 3.05) is 19.0 Å². The molecule has 0 aliphatic rings. The summed E-state index contributed by atoms with van der Waals surface area (Å²) in [5.74, 6) is 1.51. The van der Waals surface area contributed by atoms with Crippen LogP contribution in [0.5, 0.6) is 5.75 Å². The fourth-order valence-corrected chi connectivity index (χ4v) is 1.73. The standard InChI is InChI=1S/C14H17N3O/c1-4-15-14-16-9-10(2)13(17-14)11-5-7-12(18-3)8-6-11/h5-9H,4H2,1-3H3,(H,15,16,17). The predicted molar refractivity (Wildman–Crippen MR) is 72.9 cm³/mol. The van der Waals surface area contributed by atoms with Gasteiger partial charge >= 0.3 is 0 Å². The molecule has 0 fully saturated rings. The van der Waals surface area contributed by atoms with Gasteiger partial charge < -0.3 is 10.1 Å². The minimum Gasteiger partial charge on any atom is -0.497 e. The summed E-state index contributed by atoms with van der Waals surface area (Å²) < 4.78 is 5.15. The molecule has 0 aliphatic heterocycles. The van der Waals surface area contributed by atoms with Crippen molar-refractivity contribution < 1.29 is 4.74 Å². The van der Waals surface area contributed by atoms with Crippen molar-refractivity contribution in [1.29, 1.82) is 0 Å². The Labute approximate surface area is 107 Å². The zero-order valence-corrected chi connectivity index (χ0v) is 10.9. The van der Waals surface area contributed by atoms with Gasteiger partial charge in [0.15, 0.2) is 0 Å². The van der Waals surface area contributed by atoms with Crippen LogP contribution in [0.2, 0.25) is 0 Å². The highest BCUT2D eigenvalue weighted by molar-refractivity contribution is 5.64. The smallest absolute Gasteiger partial charge is 0.223 e. The molecule has 0 spiro atoms. The lowest BCUT2D eigenvalue weighted by Crippen LogP contribution is -2.03. The van der Waals surface area contributed by atoms with Crippen LogP contribution in [0.3, 0.4) is 0 Å². The number of aromatic nitrogens is 2. The van der Waals surface area contributed by atoms with E-state index in [-0.39, 0.29) is 0 Å². The topological polar surface area (TPSA) is 47.0 Å². The molecule has 4 nitrogen and oxygen atoms in total. The molecule has 1 aromatic carbocycles. The summed E-state index contributed by atoms with van der Waals surface area (Å²) in [5.41, 5.74) is 3.07. The number of aryl methyl sites for hydroxylation is 1. The molecule has 0 atom stereocenters. The summed E-state index contributed by atoms with van der Waals surface area (Å²) in [6.45, 7) is 4.84. The molecular weight excluding hydrogens is 226 g/mol. The molecule has 0 saturated carbocycles. The Balaban J connectivity index is 2.38. The number of ether oxygens (including phenoxy) is 1. The fourth-order valence-electron chi connectivity index (χ4n) is 1.73. The lowest BCUT2D eigenvalue weighted by molar-refractivity contribution is 0.415. The van der Waals surface area contributed by atoms with E-state index in [9.17, 15) is 0 Å². The van der Waals surface area contributed by atoms with Crippen molar-refractivity contribution in [3.8, 4) is 17.0 Å². The molecule has 0 unspecified atom stereocenters. The largest absolute Gasteiger partial charge is 0.497 e. The Morgan fingerprint density at radius 2 is 1.94 bits per heavy atom. The summed E-state index contributed by atoms with van der Waals surface area (Å²) in [6.07, 6.45) is 1.84. The normalized spacial score (nSPS) is 10.2. The monoisotopic (exact) mass is 243 g/mol. The first-order valence-corrected chi connectivity index (χ1v) is 5.96. The lowest BCUT2D eigenvalue weighted by Gasteiger charge is -2.08. The number of methoxy groups -OCH3 is 1. The van der Waals surface area contributed by atoms with Crippen LogP contribution in [0.4, 0.5) is 5.95 Å². The third-order valence-electron chi connectivity index (χ3n) is 2.67. The zero-order chi connectivity index (χ0) is 13.0. The van der Waals surface area contributed by atoms with Crippen LogP contribution >= 0.6 is 0 Å². The Bertz CT molecular complexity index is 523. The molecular formula is C14H17N3O. The maximum absolute atomic E-state index is 5.15. The van der Waals surface area contributed by atoms with Gasteiger partial charge in [-0.2, -0.15) is 0 Å². The van der Waals surface area contributed by atoms with Crippen LogP contribution in [0.25, 0.3) is 11.3 Å². The maximum atomic E-state index is 5.15. The number of nitrogens with one attached hydrogen (secondary N) is 1. The zero-order valence-electron chi connectivity index (χ0n) is 10.9. The molecule has 0 amide bonds. The first-order chi connectivity index (χ1) is 8.74. The second kappa shape index (κ2) is 5.49. The highest BCUT2D eigenvalue weighted by Gasteiger charge is 2.06. The molecule has 2 rings (SSSR count). The van der Waals surface area contributed by atoms with Crippen LogP contribution in [0.1, 0.15) is 12.5 Å². The molecule has 4 heteroatoms. The number of hydrogen-bond donors (Lipinski definition) is 1. The van der Waals surface area contributed by atoms with Gasteiger partial charge in [0.1, 0.15) is 5.75 Å². The van der Waals surface area contributed by atoms with E-state index in [2.05, 4.69) is 15.3 Å². The first kappa shape index (κ1) is 12.4. The van der Waals surface area contributed by atoms with Crippen LogP contribution in [-0.2, 0) is 0 Å². The van der Waals surface area contributed by atoms with Gasteiger partial charge in [-0.05, 0) is 43.7 Å². The van der Waals surface area contributed by atoms with E-state index in [1.165, 1.54) is 0 Å². The summed E-state index contributed by atoms with van der Waals surface area (Å²) in [5, 5.41) is 3.12. The van der Waals surface area contributed by atoms with Gasteiger partial charge in [-0.15, -0.1) is 0 Å². The quantitative estimate of drug-likeness (QED) is 0.897. The van der Waals surface area contributed by atoms with Crippen LogP contribution < -0.4 is 10.1 Å². The number of benzene rings is 1. The van der Waals surface area contributed by atoms with E-state index < -0.39 is 0 Å². The molecule has 94 valence electrons. The first-order valence-electron chi connectivity index (χ1n) is 5.96. The minimum atomic E-state index is 0.661. The third-order valence-corrected chi connectivity index (χ3v) is 2.67. The SMILES string of the molecule is CCNc1ncc(C)c(-c2ccc(OC)cc2)n1. The summed E-state index contributed by atoms with van der Waals surface area (Å²) in [6, 6.07) is 7.88. The number of anilines is 1. The molecule has 1 aromatic heterocycles. The highest BCUT2D eigenvalue weighted by Crippen LogP contribution is 2.24. The van der Waals surface area contributed by atoms with Crippen LogP contribution in [0.15, 0.2) is 30.5 Å². The molecule has 0 saturated heterocycles. The van der Waals surface area contributed by atoms with Crippen molar-refractivity contribution in [3.05, 3.63) is 36.0 Å². The Morgan fingerprint density at radius 1 is 1.22 bits per heavy atom. The lowest BCUT2D eigenvalue weighted by atomic mass is 10.1. The van der Waals surface area contributed by atoms with Gasteiger partial charge in [-0.3, -0.25) is 0 Å². The minimum absolute atomic E-state index is 0.661. The maximum Gasteiger partial charge on any atom is 0.223 e. The van der Waals surface area contributed by atoms with Crippen molar-refractivity contribution in [2.24, 2.45) is 0 Å². The molecule has 18 heavy (non-hydrogen) atoms. The van der Waals surface area contributed by atoms with Crippen molar-refractivity contribution in [3.63, 3.8) is 0 Å². The van der Waals surface area contributed by atoms with Gasteiger partial charge in [0.2, 0.25) is 5.95 Å². The van der Waals surface area contributed by atoms with Gasteiger partial charge in [0.05, 0.1) is 12.8 Å². The highest BCUT2D eigenvalue weighted by atomic mass is 16.5. The van der Waals surface area contributed by atoms with Gasteiger partial charge in [-0.25, -0.2) is 9.97 Å². The average molecular weight is 243 g/mol. The van der Waals surface area contributed by atoms with Crippen molar-refractivity contribution in [2.45, 2.75) is 13.8 Å². The Hall–Kier alpha value is -2.10. The van der Waals surface area contributed by atoms with Gasteiger partial charge in [0, 0.05) is 18.3 Å². The molecule has 1 heterocycles. The van der Waals surface area contributed by atoms with Gasteiger partial charge in [0.25, 0.3) is 0 Å². The summed E-state index contributed by atoms with van der Waals surface area (Å²) in [7, 11) is 1.66. The van der Waals surface area contributed by atoms with Crippen molar-refractivity contribution in [1.82, 2.24) is 9.97 Å². The number of rotatable bonds is 4. The third kappa shape index (κ3) is 2.59. The molecule has 1 N–H and O–H groups in total. The second-order valence-electron chi connectivity index (χ2n) is 3.98. The van der Waals surface area contributed by atoms with Crippen LogP contribution in [0, 0.1) is 6.92 Å². The fraction of sp³-hybridized carbons (Fsp3) is 0.286. The number of hydrogen-bond acceptors (Lipinski definition) is 4. The van der Waals surface area contributed by atoms with E-state index in [4.69, 9.17) is 4.74 Å². The number of nitrogens with zero attached hydrogens (tertiary/aromatic N) is 2. The van der Waals surface area contributed by atoms with E-state index in [1.54, 1.807) is 7.11 Å². The molecule has 0 aliphatic carbocycles. The summed E-state index contributed by atoms with van der Waals surface area (Å²) in [4.78, 5) is 8.77. The molecule has 0 radical (unpaired) electrons. The Morgan fingerprint density at radius 3 is 2.56 bits per heavy atom. The molecule has 0 bridgehead atoms. The van der Waals surface area contributed by atoms with Crippen molar-refractivity contribution >= 4 is 5.95 Å². The van der Waals surface area contributed by atoms with E-state index >= 15 is 0 Å². The average Bonchev–Trinajstić information content (AvgIpc) is 2.41. The molecule has 2 aromatic rings. The summed E-state index contributed by atoms with van der Waals surface area (Å²) >= 11 is 0. The Kier molecular flexibility index (Phi) is 3.77. The second-order valence-corrected chi connectivity index (χ2v) is 3.98. The van der Waals surface area contributed by atoms with E-state index in [0.717, 1.165) is 29.1 Å².